The third kappa shape index (κ3) is 2.74. The molecule has 0 saturated carbocycles. The average Bonchev–Trinajstić information content (AvgIpc) is 2.33. The Hall–Kier alpha value is -0.580. The largest absolute Gasteiger partial charge is 0.243 e. The maximum atomic E-state index is 13.0. The lowest BCUT2D eigenvalue weighted by atomic mass is 10.0. The van der Waals surface area contributed by atoms with Crippen molar-refractivity contribution in [1.29, 1.82) is 0 Å². The summed E-state index contributed by atoms with van der Waals surface area (Å²) >= 11 is 6.07. The van der Waals surface area contributed by atoms with Crippen LogP contribution in [0.4, 0.5) is 0 Å². The number of benzene rings is 1. The second-order valence-electron chi connectivity index (χ2n) is 5.83. The lowest BCUT2D eigenvalue weighted by Crippen LogP contribution is -2.47. The highest BCUT2D eigenvalue weighted by molar-refractivity contribution is 7.89. The van der Waals surface area contributed by atoms with E-state index < -0.39 is 10.0 Å². The molecule has 0 N–H and O–H groups in total. The number of piperidine rings is 1. The summed E-state index contributed by atoms with van der Waals surface area (Å²) in [4.78, 5) is 0.389. The van der Waals surface area contributed by atoms with Gasteiger partial charge in [-0.2, -0.15) is 4.31 Å². The Balaban J connectivity index is 2.52. The van der Waals surface area contributed by atoms with Gasteiger partial charge in [0.2, 0.25) is 10.0 Å². The molecule has 5 heteroatoms. The standard InChI is InChI=1S/C15H22ClNO2S/c1-10-9-15(11(2)8-14(10)16)20(18,19)17-12(3)6-5-7-13(17)4/h8-9,12-13H,5-7H2,1-4H3. The van der Waals surface area contributed by atoms with E-state index in [1.807, 2.05) is 20.8 Å². The number of hydrogen-bond donors (Lipinski definition) is 0. The van der Waals surface area contributed by atoms with Crippen LogP contribution in [-0.2, 0) is 10.0 Å². The highest BCUT2D eigenvalue weighted by Gasteiger charge is 2.36. The Labute approximate surface area is 127 Å². The van der Waals surface area contributed by atoms with Crippen molar-refractivity contribution in [1.82, 2.24) is 4.31 Å². The van der Waals surface area contributed by atoms with Gasteiger partial charge in [0.1, 0.15) is 0 Å². The number of sulfonamides is 1. The highest BCUT2D eigenvalue weighted by atomic mass is 35.5. The summed E-state index contributed by atoms with van der Waals surface area (Å²) in [6.45, 7) is 7.62. The van der Waals surface area contributed by atoms with Crippen LogP contribution in [0.2, 0.25) is 5.02 Å². The lowest BCUT2D eigenvalue weighted by Gasteiger charge is -2.38. The van der Waals surface area contributed by atoms with Gasteiger partial charge < -0.3 is 0 Å². The second kappa shape index (κ2) is 5.66. The molecular weight excluding hydrogens is 294 g/mol. The van der Waals surface area contributed by atoms with Crippen molar-refractivity contribution in [2.24, 2.45) is 0 Å². The van der Waals surface area contributed by atoms with Crippen molar-refractivity contribution in [2.45, 2.75) is 63.9 Å². The molecule has 2 unspecified atom stereocenters. The molecule has 1 aromatic carbocycles. The van der Waals surface area contributed by atoms with Gasteiger partial charge in [-0.3, -0.25) is 0 Å². The number of aryl methyl sites for hydroxylation is 2. The number of nitrogens with zero attached hydrogens (tertiary/aromatic N) is 1. The van der Waals surface area contributed by atoms with E-state index in [9.17, 15) is 8.42 Å². The molecule has 0 radical (unpaired) electrons. The van der Waals surface area contributed by atoms with Crippen LogP contribution in [0.15, 0.2) is 17.0 Å². The van der Waals surface area contributed by atoms with Crippen LogP contribution in [0.1, 0.15) is 44.2 Å². The van der Waals surface area contributed by atoms with Gasteiger partial charge in [0.25, 0.3) is 0 Å². The predicted molar refractivity (Wildman–Crippen MR) is 82.7 cm³/mol. The van der Waals surface area contributed by atoms with Crippen molar-refractivity contribution in [3.8, 4) is 0 Å². The minimum absolute atomic E-state index is 0.0548. The number of rotatable bonds is 2. The summed E-state index contributed by atoms with van der Waals surface area (Å²) in [5.41, 5.74) is 1.51. The fraction of sp³-hybridized carbons (Fsp3) is 0.600. The fourth-order valence-electron chi connectivity index (χ4n) is 3.02. The lowest BCUT2D eigenvalue weighted by molar-refractivity contribution is 0.204. The first-order chi connectivity index (χ1) is 9.25. The Morgan fingerprint density at radius 3 is 2.20 bits per heavy atom. The SMILES string of the molecule is Cc1cc(S(=O)(=O)N2C(C)CCCC2C)c(C)cc1Cl. The van der Waals surface area contributed by atoms with Gasteiger partial charge in [-0.1, -0.05) is 18.0 Å². The molecule has 0 aromatic heterocycles. The third-order valence-corrected chi connectivity index (χ3v) is 6.80. The van der Waals surface area contributed by atoms with Crippen molar-refractivity contribution < 1.29 is 8.42 Å². The summed E-state index contributed by atoms with van der Waals surface area (Å²) in [5.74, 6) is 0. The van der Waals surface area contributed by atoms with E-state index in [0.29, 0.717) is 15.5 Å². The second-order valence-corrected chi connectivity index (χ2v) is 8.05. The molecule has 1 fully saturated rings. The molecule has 112 valence electrons. The minimum atomic E-state index is -3.46. The first-order valence-corrected chi connectivity index (χ1v) is 8.87. The molecule has 1 aliphatic rings. The van der Waals surface area contributed by atoms with Crippen molar-refractivity contribution in [3.05, 3.63) is 28.3 Å². The molecule has 1 heterocycles. The van der Waals surface area contributed by atoms with Gasteiger partial charge in [0, 0.05) is 17.1 Å². The Morgan fingerprint density at radius 2 is 1.65 bits per heavy atom. The Kier molecular flexibility index (Phi) is 4.47. The van der Waals surface area contributed by atoms with Crippen LogP contribution in [0, 0.1) is 13.8 Å². The molecule has 20 heavy (non-hydrogen) atoms. The number of halogens is 1. The molecular formula is C15H22ClNO2S. The van der Waals surface area contributed by atoms with E-state index in [4.69, 9.17) is 11.6 Å². The molecule has 3 nitrogen and oxygen atoms in total. The van der Waals surface area contributed by atoms with E-state index in [0.717, 1.165) is 24.8 Å². The molecule has 2 atom stereocenters. The van der Waals surface area contributed by atoms with E-state index in [-0.39, 0.29) is 12.1 Å². The van der Waals surface area contributed by atoms with Gasteiger partial charge >= 0.3 is 0 Å². The average molecular weight is 316 g/mol. The van der Waals surface area contributed by atoms with Crippen molar-refractivity contribution >= 4 is 21.6 Å². The summed E-state index contributed by atoms with van der Waals surface area (Å²) in [6, 6.07) is 3.54. The Bertz CT molecular complexity index is 603. The van der Waals surface area contributed by atoms with Gasteiger partial charge in [-0.25, -0.2) is 8.42 Å². The van der Waals surface area contributed by atoms with Crippen LogP contribution >= 0.6 is 11.6 Å². The summed E-state index contributed by atoms with van der Waals surface area (Å²) < 4.78 is 27.6. The first kappa shape index (κ1) is 15.8. The summed E-state index contributed by atoms with van der Waals surface area (Å²) in [5, 5.41) is 0.612. The molecule has 1 aliphatic heterocycles. The van der Waals surface area contributed by atoms with E-state index >= 15 is 0 Å². The van der Waals surface area contributed by atoms with E-state index in [1.54, 1.807) is 23.4 Å². The topological polar surface area (TPSA) is 37.4 Å². The van der Waals surface area contributed by atoms with Gasteiger partial charge in [-0.15, -0.1) is 0 Å². The van der Waals surface area contributed by atoms with Crippen LogP contribution < -0.4 is 0 Å². The van der Waals surface area contributed by atoms with Crippen molar-refractivity contribution in [3.63, 3.8) is 0 Å². The van der Waals surface area contributed by atoms with Crippen LogP contribution in [0.3, 0.4) is 0 Å². The van der Waals surface area contributed by atoms with Gasteiger partial charge in [0.05, 0.1) is 4.90 Å². The molecule has 0 spiro atoms. The summed E-state index contributed by atoms with van der Waals surface area (Å²) in [6.07, 6.45) is 2.94. The zero-order valence-electron chi connectivity index (χ0n) is 12.5. The monoisotopic (exact) mass is 315 g/mol. The van der Waals surface area contributed by atoms with Gasteiger partial charge in [-0.05, 0) is 63.8 Å². The first-order valence-electron chi connectivity index (χ1n) is 7.05. The van der Waals surface area contributed by atoms with Crippen LogP contribution in [0.25, 0.3) is 0 Å². The van der Waals surface area contributed by atoms with Gasteiger partial charge in [0.15, 0.2) is 0 Å². The van der Waals surface area contributed by atoms with Crippen LogP contribution in [-0.4, -0.2) is 24.8 Å². The minimum Gasteiger partial charge on any atom is -0.207 e. The van der Waals surface area contributed by atoms with E-state index in [2.05, 4.69) is 0 Å². The molecule has 2 rings (SSSR count). The fourth-order valence-corrected chi connectivity index (χ4v) is 5.41. The number of hydrogen-bond acceptors (Lipinski definition) is 2. The maximum absolute atomic E-state index is 13.0. The highest BCUT2D eigenvalue weighted by Crippen LogP contribution is 2.32. The van der Waals surface area contributed by atoms with Crippen LogP contribution in [0.5, 0.6) is 0 Å². The molecule has 0 bridgehead atoms. The van der Waals surface area contributed by atoms with E-state index in [1.165, 1.54) is 0 Å². The molecule has 1 saturated heterocycles. The van der Waals surface area contributed by atoms with Crippen molar-refractivity contribution in [2.75, 3.05) is 0 Å². The zero-order valence-corrected chi connectivity index (χ0v) is 14.1. The Morgan fingerprint density at radius 1 is 1.10 bits per heavy atom. The quantitative estimate of drug-likeness (QED) is 0.829. The molecule has 0 amide bonds. The normalized spacial score (nSPS) is 24.9. The molecule has 1 aromatic rings. The third-order valence-electron chi connectivity index (χ3n) is 4.12. The smallest absolute Gasteiger partial charge is 0.207 e. The predicted octanol–water partition coefficient (Wildman–Crippen LogP) is 3.91. The zero-order chi connectivity index (χ0) is 15.1. The summed E-state index contributed by atoms with van der Waals surface area (Å²) in [7, 11) is -3.46. The molecule has 0 aliphatic carbocycles. The maximum Gasteiger partial charge on any atom is 0.243 e.